The van der Waals surface area contributed by atoms with Crippen molar-refractivity contribution in [2.24, 2.45) is 0 Å². The highest BCUT2D eigenvalue weighted by Gasteiger charge is 2.18. The van der Waals surface area contributed by atoms with Gasteiger partial charge in [0, 0.05) is 18.7 Å². The van der Waals surface area contributed by atoms with Gasteiger partial charge in [-0.05, 0) is 37.3 Å². The van der Waals surface area contributed by atoms with Crippen LogP contribution < -0.4 is 5.32 Å². The Morgan fingerprint density at radius 2 is 1.63 bits per heavy atom. The Labute approximate surface area is 116 Å². The molecule has 1 atom stereocenters. The van der Waals surface area contributed by atoms with Crippen molar-refractivity contribution in [2.45, 2.75) is 51.7 Å². The first kappa shape index (κ1) is 16.2. The smallest absolute Gasteiger partial charge is 0.0914 e. The fraction of sp³-hybridized carbons (Fsp3) is 0.625. The average Bonchev–Trinajstić information content (AvgIpc) is 2.36. The third-order valence-electron chi connectivity index (χ3n) is 3.50. The van der Waals surface area contributed by atoms with Crippen LogP contribution in [-0.2, 0) is 0 Å². The molecule has 0 aliphatic heterocycles. The SMILES string of the molecule is CC(C)c1ccc(C(O)CNC(C)(C)CCO)cc1. The van der Waals surface area contributed by atoms with Crippen molar-refractivity contribution in [3.63, 3.8) is 0 Å². The lowest BCUT2D eigenvalue weighted by atomic mass is 9.98. The highest BCUT2D eigenvalue weighted by atomic mass is 16.3. The zero-order chi connectivity index (χ0) is 14.5. The topological polar surface area (TPSA) is 52.5 Å². The molecule has 1 aromatic rings. The van der Waals surface area contributed by atoms with Gasteiger partial charge in [-0.2, -0.15) is 0 Å². The van der Waals surface area contributed by atoms with Crippen molar-refractivity contribution in [1.82, 2.24) is 5.32 Å². The Balaban J connectivity index is 2.56. The molecule has 0 heterocycles. The quantitative estimate of drug-likeness (QED) is 0.710. The highest BCUT2D eigenvalue weighted by molar-refractivity contribution is 5.26. The molecular formula is C16H27NO2. The van der Waals surface area contributed by atoms with Crippen molar-refractivity contribution in [2.75, 3.05) is 13.2 Å². The van der Waals surface area contributed by atoms with Crippen LogP contribution >= 0.6 is 0 Å². The predicted molar refractivity (Wildman–Crippen MR) is 79.3 cm³/mol. The number of benzene rings is 1. The van der Waals surface area contributed by atoms with E-state index in [1.165, 1.54) is 5.56 Å². The number of hydrogen-bond donors (Lipinski definition) is 3. The van der Waals surface area contributed by atoms with Crippen molar-refractivity contribution in [1.29, 1.82) is 0 Å². The van der Waals surface area contributed by atoms with Gasteiger partial charge < -0.3 is 15.5 Å². The van der Waals surface area contributed by atoms with Gasteiger partial charge in [-0.25, -0.2) is 0 Å². The van der Waals surface area contributed by atoms with Crippen molar-refractivity contribution in [3.05, 3.63) is 35.4 Å². The summed E-state index contributed by atoms with van der Waals surface area (Å²) in [6, 6.07) is 8.12. The number of hydrogen-bond acceptors (Lipinski definition) is 3. The number of aliphatic hydroxyl groups is 2. The van der Waals surface area contributed by atoms with E-state index in [4.69, 9.17) is 5.11 Å². The molecule has 19 heavy (non-hydrogen) atoms. The van der Waals surface area contributed by atoms with Crippen LogP contribution in [0.1, 0.15) is 57.3 Å². The highest BCUT2D eigenvalue weighted by Crippen LogP contribution is 2.19. The second-order valence-electron chi connectivity index (χ2n) is 6.08. The van der Waals surface area contributed by atoms with Gasteiger partial charge in [0.2, 0.25) is 0 Å². The van der Waals surface area contributed by atoms with Crippen LogP contribution in [0.2, 0.25) is 0 Å². The maximum absolute atomic E-state index is 10.2. The number of aliphatic hydroxyl groups excluding tert-OH is 2. The summed E-state index contributed by atoms with van der Waals surface area (Å²) in [5.41, 5.74) is 2.05. The van der Waals surface area contributed by atoms with Gasteiger partial charge in [0.1, 0.15) is 0 Å². The third kappa shape index (κ3) is 5.31. The second kappa shape index (κ2) is 7.04. The van der Waals surface area contributed by atoms with Crippen molar-refractivity contribution in [3.8, 4) is 0 Å². The van der Waals surface area contributed by atoms with E-state index in [0.29, 0.717) is 18.9 Å². The molecule has 0 spiro atoms. The lowest BCUT2D eigenvalue weighted by Gasteiger charge is -2.27. The molecule has 0 amide bonds. The maximum Gasteiger partial charge on any atom is 0.0914 e. The number of rotatable bonds is 7. The summed E-state index contributed by atoms with van der Waals surface area (Å²) in [5.74, 6) is 0.507. The normalized spacial score (nSPS) is 13.8. The summed E-state index contributed by atoms with van der Waals surface area (Å²) in [6.07, 6.45) is 0.158. The molecule has 3 nitrogen and oxygen atoms in total. The van der Waals surface area contributed by atoms with Crippen molar-refractivity contribution < 1.29 is 10.2 Å². The Kier molecular flexibility index (Phi) is 5.98. The van der Waals surface area contributed by atoms with E-state index in [0.717, 1.165) is 5.56 Å². The summed E-state index contributed by atoms with van der Waals surface area (Å²) in [4.78, 5) is 0. The lowest BCUT2D eigenvalue weighted by Crippen LogP contribution is -2.42. The third-order valence-corrected chi connectivity index (χ3v) is 3.50. The molecule has 3 heteroatoms. The van der Waals surface area contributed by atoms with Crippen LogP contribution in [0.15, 0.2) is 24.3 Å². The Morgan fingerprint density at radius 1 is 1.11 bits per heavy atom. The standard InChI is InChI=1S/C16H27NO2/c1-12(2)13-5-7-14(8-6-13)15(19)11-17-16(3,4)9-10-18/h5-8,12,15,17-19H,9-11H2,1-4H3. The van der Waals surface area contributed by atoms with Gasteiger partial charge in [-0.15, -0.1) is 0 Å². The lowest BCUT2D eigenvalue weighted by molar-refractivity contribution is 0.151. The van der Waals surface area contributed by atoms with E-state index in [1.807, 2.05) is 26.0 Å². The minimum absolute atomic E-state index is 0.152. The van der Waals surface area contributed by atoms with E-state index >= 15 is 0 Å². The van der Waals surface area contributed by atoms with Crippen LogP contribution in [-0.4, -0.2) is 28.9 Å². The van der Waals surface area contributed by atoms with Gasteiger partial charge in [-0.1, -0.05) is 38.1 Å². The fourth-order valence-corrected chi connectivity index (χ4v) is 1.96. The molecule has 3 N–H and O–H groups in total. The zero-order valence-electron chi connectivity index (χ0n) is 12.5. The van der Waals surface area contributed by atoms with E-state index in [1.54, 1.807) is 0 Å². The summed E-state index contributed by atoms with van der Waals surface area (Å²) < 4.78 is 0. The molecule has 0 aliphatic rings. The molecule has 0 fully saturated rings. The van der Waals surface area contributed by atoms with Crippen LogP contribution in [0.5, 0.6) is 0 Å². The molecule has 0 aromatic heterocycles. The van der Waals surface area contributed by atoms with Crippen LogP contribution in [0.25, 0.3) is 0 Å². The molecule has 0 radical (unpaired) electrons. The first-order chi connectivity index (χ1) is 8.85. The maximum atomic E-state index is 10.2. The van der Waals surface area contributed by atoms with Crippen molar-refractivity contribution >= 4 is 0 Å². The van der Waals surface area contributed by atoms with E-state index < -0.39 is 6.10 Å². The second-order valence-corrected chi connectivity index (χ2v) is 6.08. The predicted octanol–water partition coefficient (Wildman–Crippen LogP) is 2.59. The van der Waals surface area contributed by atoms with Crippen LogP contribution in [0.3, 0.4) is 0 Å². The molecule has 0 saturated carbocycles. The monoisotopic (exact) mass is 265 g/mol. The van der Waals surface area contributed by atoms with Gasteiger partial charge in [0.15, 0.2) is 0 Å². The summed E-state index contributed by atoms with van der Waals surface area (Å²) in [6.45, 7) is 9.01. The van der Waals surface area contributed by atoms with E-state index in [-0.39, 0.29) is 12.1 Å². The van der Waals surface area contributed by atoms with Crippen LogP contribution in [0, 0.1) is 0 Å². The minimum atomic E-state index is -0.515. The molecule has 1 rings (SSSR count). The van der Waals surface area contributed by atoms with Gasteiger partial charge >= 0.3 is 0 Å². The molecule has 1 unspecified atom stereocenters. The molecule has 0 aliphatic carbocycles. The molecule has 0 saturated heterocycles. The summed E-state index contributed by atoms with van der Waals surface area (Å²) in [5, 5.41) is 22.4. The largest absolute Gasteiger partial charge is 0.396 e. The first-order valence-corrected chi connectivity index (χ1v) is 6.99. The first-order valence-electron chi connectivity index (χ1n) is 6.99. The fourth-order valence-electron chi connectivity index (χ4n) is 1.96. The Morgan fingerprint density at radius 3 is 2.11 bits per heavy atom. The van der Waals surface area contributed by atoms with Crippen LogP contribution in [0.4, 0.5) is 0 Å². The number of β-amino-alcohol motifs (C(OH)–C–C–N with tert-alkyl or cyclic N) is 1. The minimum Gasteiger partial charge on any atom is -0.396 e. The zero-order valence-corrected chi connectivity index (χ0v) is 12.5. The van der Waals surface area contributed by atoms with Gasteiger partial charge in [0.05, 0.1) is 6.10 Å². The average molecular weight is 265 g/mol. The van der Waals surface area contributed by atoms with Gasteiger partial charge in [-0.3, -0.25) is 0 Å². The summed E-state index contributed by atoms with van der Waals surface area (Å²) in [7, 11) is 0. The molecular weight excluding hydrogens is 238 g/mol. The summed E-state index contributed by atoms with van der Waals surface area (Å²) >= 11 is 0. The van der Waals surface area contributed by atoms with Gasteiger partial charge in [0.25, 0.3) is 0 Å². The van der Waals surface area contributed by atoms with E-state index in [2.05, 4.69) is 31.3 Å². The molecule has 108 valence electrons. The number of nitrogens with one attached hydrogen (secondary N) is 1. The molecule has 0 bridgehead atoms. The Hall–Kier alpha value is -0.900. The van der Waals surface area contributed by atoms with E-state index in [9.17, 15) is 5.11 Å². The Bertz CT molecular complexity index is 371. The molecule has 1 aromatic carbocycles.